The van der Waals surface area contributed by atoms with Crippen molar-refractivity contribution in [3.63, 3.8) is 0 Å². The molecule has 2 rings (SSSR count). The summed E-state index contributed by atoms with van der Waals surface area (Å²) in [5.41, 5.74) is 0.554. The summed E-state index contributed by atoms with van der Waals surface area (Å²) < 4.78 is 25.5. The van der Waals surface area contributed by atoms with Gasteiger partial charge in [-0.3, -0.25) is 4.79 Å². The Labute approximate surface area is 150 Å². The summed E-state index contributed by atoms with van der Waals surface area (Å²) in [6.45, 7) is 0. The van der Waals surface area contributed by atoms with Gasteiger partial charge in [-0.15, -0.1) is 11.8 Å². The second kappa shape index (κ2) is 8.53. The third-order valence-electron chi connectivity index (χ3n) is 3.14. The molecule has 2 aromatic rings. The van der Waals surface area contributed by atoms with Crippen molar-refractivity contribution in [3.05, 3.63) is 53.6 Å². The van der Waals surface area contributed by atoms with Crippen LogP contribution < -0.4 is 10.0 Å². The van der Waals surface area contributed by atoms with Crippen molar-refractivity contribution in [3.8, 4) is 0 Å². The van der Waals surface area contributed by atoms with Gasteiger partial charge in [0.25, 0.3) is 0 Å². The van der Waals surface area contributed by atoms with Crippen LogP contribution >= 0.6 is 23.4 Å². The number of sulfonamides is 1. The van der Waals surface area contributed by atoms with Gasteiger partial charge in [0.05, 0.1) is 9.92 Å². The van der Waals surface area contributed by atoms with Gasteiger partial charge < -0.3 is 5.32 Å². The van der Waals surface area contributed by atoms with E-state index in [4.69, 9.17) is 11.6 Å². The predicted molar refractivity (Wildman–Crippen MR) is 98.1 cm³/mol. The van der Waals surface area contributed by atoms with Gasteiger partial charge in [0.2, 0.25) is 15.9 Å². The van der Waals surface area contributed by atoms with Crippen LogP contribution in [0.4, 0.5) is 5.69 Å². The normalized spacial score (nSPS) is 11.2. The number of hydrogen-bond donors (Lipinski definition) is 2. The molecule has 0 radical (unpaired) electrons. The molecule has 1 amide bonds. The Balaban J connectivity index is 1.85. The van der Waals surface area contributed by atoms with Gasteiger partial charge >= 0.3 is 0 Å². The van der Waals surface area contributed by atoms with E-state index in [-0.39, 0.29) is 10.8 Å². The highest BCUT2D eigenvalue weighted by molar-refractivity contribution is 7.99. The van der Waals surface area contributed by atoms with Crippen LogP contribution in [0.5, 0.6) is 0 Å². The van der Waals surface area contributed by atoms with Crippen molar-refractivity contribution in [2.45, 2.75) is 16.2 Å². The molecule has 24 heavy (non-hydrogen) atoms. The Hall–Kier alpha value is -1.54. The Bertz CT molecular complexity index is 808. The smallest absolute Gasteiger partial charge is 0.240 e. The van der Waals surface area contributed by atoms with E-state index in [1.807, 2.05) is 24.3 Å². The fourth-order valence-electron chi connectivity index (χ4n) is 1.87. The lowest BCUT2D eigenvalue weighted by molar-refractivity contribution is -0.115. The number of carbonyl (C=O) groups excluding carboxylic acids is 1. The molecule has 8 heteroatoms. The molecule has 0 bridgehead atoms. The standard InChI is InChI=1S/C16H17ClN2O3S2/c1-18-24(21,22)13-8-6-12(7-9-13)19-16(20)10-11-23-15-5-3-2-4-14(15)17/h2-9,18H,10-11H2,1H3,(H,19,20). The van der Waals surface area contributed by atoms with Crippen molar-refractivity contribution < 1.29 is 13.2 Å². The average molecular weight is 385 g/mol. The number of halogens is 1. The third-order valence-corrected chi connectivity index (χ3v) is 6.09. The topological polar surface area (TPSA) is 75.3 Å². The molecule has 0 unspecified atom stereocenters. The molecule has 0 saturated heterocycles. The van der Waals surface area contributed by atoms with Crippen LogP contribution in [0.25, 0.3) is 0 Å². The fourth-order valence-corrected chi connectivity index (χ4v) is 3.79. The van der Waals surface area contributed by atoms with E-state index < -0.39 is 10.0 Å². The Morgan fingerprint density at radius 2 is 1.79 bits per heavy atom. The Morgan fingerprint density at radius 1 is 1.12 bits per heavy atom. The Kier molecular flexibility index (Phi) is 6.68. The summed E-state index contributed by atoms with van der Waals surface area (Å²) in [7, 11) is -2.12. The maximum absolute atomic E-state index is 11.9. The number of hydrogen-bond acceptors (Lipinski definition) is 4. The van der Waals surface area contributed by atoms with Crippen LogP contribution in [-0.2, 0) is 14.8 Å². The monoisotopic (exact) mass is 384 g/mol. The van der Waals surface area contributed by atoms with E-state index >= 15 is 0 Å². The molecule has 0 aromatic heterocycles. The summed E-state index contributed by atoms with van der Waals surface area (Å²) in [4.78, 5) is 13.0. The van der Waals surface area contributed by atoms with E-state index in [2.05, 4.69) is 10.0 Å². The second-order valence-corrected chi connectivity index (χ2v) is 8.24. The minimum atomic E-state index is -3.47. The van der Waals surface area contributed by atoms with Gasteiger partial charge in [0.15, 0.2) is 0 Å². The summed E-state index contributed by atoms with van der Waals surface area (Å²) in [6.07, 6.45) is 0.326. The van der Waals surface area contributed by atoms with Crippen LogP contribution in [0.15, 0.2) is 58.3 Å². The van der Waals surface area contributed by atoms with Crippen molar-refractivity contribution >= 4 is 45.0 Å². The molecule has 0 fully saturated rings. The van der Waals surface area contributed by atoms with E-state index in [1.54, 1.807) is 12.1 Å². The largest absolute Gasteiger partial charge is 0.326 e. The maximum atomic E-state index is 11.9. The second-order valence-electron chi connectivity index (χ2n) is 4.81. The first-order valence-corrected chi connectivity index (χ1v) is 9.98. The summed E-state index contributed by atoms with van der Waals surface area (Å²) >= 11 is 7.57. The number of carbonyl (C=O) groups is 1. The molecule has 5 nitrogen and oxygen atoms in total. The van der Waals surface area contributed by atoms with Crippen LogP contribution in [0, 0.1) is 0 Å². The van der Waals surface area contributed by atoms with Crippen LogP contribution in [0.2, 0.25) is 5.02 Å². The van der Waals surface area contributed by atoms with Crippen molar-refractivity contribution in [2.24, 2.45) is 0 Å². The van der Waals surface area contributed by atoms with E-state index in [0.717, 1.165) is 4.90 Å². The number of amides is 1. The summed E-state index contributed by atoms with van der Waals surface area (Å²) in [5, 5.41) is 3.41. The molecule has 0 saturated carbocycles. The molecule has 0 aliphatic rings. The number of nitrogens with one attached hydrogen (secondary N) is 2. The zero-order chi connectivity index (χ0) is 17.6. The first-order chi connectivity index (χ1) is 11.4. The molecule has 0 heterocycles. The van der Waals surface area contributed by atoms with E-state index in [0.29, 0.717) is 22.9 Å². The van der Waals surface area contributed by atoms with Crippen LogP contribution in [0.3, 0.4) is 0 Å². The molecule has 0 atom stereocenters. The summed E-state index contributed by atoms with van der Waals surface area (Å²) in [5.74, 6) is 0.459. The number of benzene rings is 2. The zero-order valence-electron chi connectivity index (χ0n) is 13.0. The molecule has 2 N–H and O–H groups in total. The van der Waals surface area contributed by atoms with Crippen LogP contribution in [0.1, 0.15) is 6.42 Å². The minimum absolute atomic E-state index is 0.140. The lowest BCUT2D eigenvalue weighted by atomic mass is 10.3. The van der Waals surface area contributed by atoms with Gasteiger partial charge in [-0.2, -0.15) is 0 Å². The highest BCUT2D eigenvalue weighted by Gasteiger charge is 2.11. The lowest BCUT2D eigenvalue weighted by Gasteiger charge is -2.07. The molecule has 0 spiro atoms. The molecule has 0 aliphatic heterocycles. The molecular formula is C16H17ClN2O3S2. The van der Waals surface area contributed by atoms with E-state index in [1.165, 1.54) is 30.9 Å². The highest BCUT2D eigenvalue weighted by atomic mass is 35.5. The van der Waals surface area contributed by atoms with E-state index in [9.17, 15) is 13.2 Å². The minimum Gasteiger partial charge on any atom is -0.326 e. The molecular weight excluding hydrogens is 368 g/mol. The third kappa shape index (κ3) is 5.24. The van der Waals surface area contributed by atoms with Crippen LogP contribution in [-0.4, -0.2) is 27.1 Å². The van der Waals surface area contributed by atoms with Gasteiger partial charge in [0, 0.05) is 22.8 Å². The molecule has 128 valence electrons. The fraction of sp³-hybridized carbons (Fsp3) is 0.188. The molecule has 0 aliphatic carbocycles. The average Bonchev–Trinajstić information content (AvgIpc) is 2.57. The predicted octanol–water partition coefficient (Wildman–Crippen LogP) is 3.37. The van der Waals surface area contributed by atoms with Crippen molar-refractivity contribution in [1.82, 2.24) is 4.72 Å². The van der Waals surface area contributed by atoms with Gasteiger partial charge in [-0.25, -0.2) is 13.1 Å². The first-order valence-electron chi connectivity index (χ1n) is 7.13. The number of rotatable bonds is 7. The lowest BCUT2D eigenvalue weighted by Crippen LogP contribution is -2.18. The van der Waals surface area contributed by atoms with Gasteiger partial charge in [0.1, 0.15) is 0 Å². The highest BCUT2D eigenvalue weighted by Crippen LogP contribution is 2.27. The maximum Gasteiger partial charge on any atom is 0.240 e. The number of thioether (sulfide) groups is 1. The Morgan fingerprint density at radius 3 is 2.42 bits per heavy atom. The van der Waals surface area contributed by atoms with Gasteiger partial charge in [-0.1, -0.05) is 23.7 Å². The summed E-state index contributed by atoms with van der Waals surface area (Å²) in [6, 6.07) is 13.5. The number of anilines is 1. The van der Waals surface area contributed by atoms with Crippen molar-refractivity contribution in [2.75, 3.05) is 18.1 Å². The van der Waals surface area contributed by atoms with Crippen molar-refractivity contribution in [1.29, 1.82) is 0 Å². The molecule has 2 aromatic carbocycles. The quantitative estimate of drug-likeness (QED) is 0.717. The van der Waals surface area contributed by atoms with Gasteiger partial charge in [-0.05, 0) is 43.4 Å². The zero-order valence-corrected chi connectivity index (χ0v) is 15.3. The SMILES string of the molecule is CNS(=O)(=O)c1ccc(NC(=O)CCSc2ccccc2Cl)cc1. The first kappa shape index (κ1) is 18.8.